The van der Waals surface area contributed by atoms with Crippen LogP contribution in [-0.2, 0) is 0 Å². The molecule has 1 heteroatoms. The molecule has 0 atom stereocenters. The summed E-state index contributed by atoms with van der Waals surface area (Å²) >= 11 is 0.344. The fourth-order valence-corrected chi connectivity index (χ4v) is 3.86. The van der Waals surface area contributed by atoms with Gasteiger partial charge in [0.1, 0.15) is 0 Å². The number of hydrogen-bond donors (Lipinski definition) is 0. The van der Waals surface area contributed by atoms with E-state index in [9.17, 15) is 0 Å². The van der Waals surface area contributed by atoms with Crippen molar-refractivity contribution in [3.05, 3.63) is 0 Å². The first-order chi connectivity index (χ1) is 7.41. The van der Waals surface area contributed by atoms with Gasteiger partial charge in [-0.1, -0.05) is 78.1 Å². The largest absolute Gasteiger partial charge is 0.364 e. The molecule has 0 unspecified atom stereocenters. The maximum absolute atomic E-state index is 2.30. The van der Waals surface area contributed by atoms with Crippen molar-refractivity contribution in [3.63, 3.8) is 0 Å². The lowest BCUT2D eigenvalue weighted by molar-refractivity contribution is 0.623. The molecule has 0 aliphatic carbocycles. The highest BCUT2D eigenvalue weighted by Gasteiger charge is 1.96. The van der Waals surface area contributed by atoms with Gasteiger partial charge >= 0.3 is 20.4 Å². The van der Waals surface area contributed by atoms with Gasteiger partial charge in [0.25, 0.3) is 0 Å². The fraction of sp³-hybridized carbons (Fsp3) is 1.00. The first-order valence-corrected chi connectivity index (χ1v) is 9.41. The molecule has 0 aromatic rings. The monoisotopic (exact) mass is 222 g/mol. The molecule has 0 amide bonds. The summed E-state index contributed by atoms with van der Waals surface area (Å²) in [7, 11) is 0. The Labute approximate surface area is 107 Å². The molecular formula is C14H30Mg. The van der Waals surface area contributed by atoms with Gasteiger partial charge in [0, 0.05) is 0 Å². The summed E-state index contributed by atoms with van der Waals surface area (Å²) in [5.74, 6) is 0. The molecule has 0 bridgehead atoms. The molecule has 0 N–H and O–H groups in total. The average Bonchev–Trinajstić information content (AvgIpc) is 2.26. The third-order valence-electron chi connectivity index (χ3n) is 3.21. The lowest BCUT2D eigenvalue weighted by Crippen LogP contribution is -1.89. The SMILES string of the molecule is CCCCCCC[CH2][Mg][CH2]CCCCC. The Morgan fingerprint density at radius 1 is 0.533 bits per heavy atom. The normalized spacial score (nSPS) is 10.3. The van der Waals surface area contributed by atoms with Crippen molar-refractivity contribution < 1.29 is 0 Å². The first kappa shape index (κ1) is 15.8. The van der Waals surface area contributed by atoms with Gasteiger partial charge in [0.2, 0.25) is 0 Å². The van der Waals surface area contributed by atoms with Gasteiger partial charge in [-0.15, -0.1) is 9.10 Å². The van der Waals surface area contributed by atoms with E-state index in [4.69, 9.17) is 0 Å². The van der Waals surface area contributed by atoms with Crippen LogP contribution in [0.3, 0.4) is 0 Å². The Morgan fingerprint density at radius 2 is 0.933 bits per heavy atom. The zero-order valence-electron chi connectivity index (χ0n) is 11.2. The van der Waals surface area contributed by atoms with Crippen LogP contribution in [0, 0.1) is 0 Å². The van der Waals surface area contributed by atoms with Gasteiger partial charge in [-0.05, 0) is 0 Å². The van der Waals surface area contributed by atoms with E-state index in [0.29, 0.717) is 20.4 Å². The second kappa shape index (κ2) is 14.8. The summed E-state index contributed by atoms with van der Waals surface area (Å²) in [6.07, 6.45) is 14.8. The maximum atomic E-state index is 2.30. The second-order valence-electron chi connectivity index (χ2n) is 4.89. The molecule has 15 heavy (non-hydrogen) atoms. The number of rotatable bonds is 12. The quantitative estimate of drug-likeness (QED) is 0.304. The van der Waals surface area contributed by atoms with Crippen LogP contribution in [0.25, 0.3) is 0 Å². The van der Waals surface area contributed by atoms with Crippen molar-refractivity contribution in [2.75, 3.05) is 0 Å². The molecule has 0 radical (unpaired) electrons. The van der Waals surface area contributed by atoms with Gasteiger partial charge in [0.05, 0.1) is 0 Å². The van der Waals surface area contributed by atoms with Gasteiger partial charge < -0.3 is 0 Å². The summed E-state index contributed by atoms with van der Waals surface area (Å²) in [5, 5.41) is 0. The third-order valence-corrected chi connectivity index (χ3v) is 5.21. The van der Waals surface area contributed by atoms with Gasteiger partial charge in [-0.3, -0.25) is 0 Å². The average molecular weight is 223 g/mol. The summed E-state index contributed by atoms with van der Waals surface area (Å²) in [6.45, 7) is 4.59. The highest BCUT2D eigenvalue weighted by molar-refractivity contribution is 6.35. The van der Waals surface area contributed by atoms with Crippen LogP contribution in [0.1, 0.15) is 78.1 Å². The second-order valence-corrected chi connectivity index (χ2v) is 7.01. The maximum Gasteiger partial charge on any atom is 0.364 e. The minimum atomic E-state index is 0.344. The van der Waals surface area contributed by atoms with E-state index < -0.39 is 0 Å². The molecule has 0 aliphatic heterocycles. The fourth-order valence-electron chi connectivity index (χ4n) is 2.09. The molecule has 0 saturated carbocycles. The lowest BCUT2D eigenvalue weighted by Gasteiger charge is -2.00. The zero-order valence-corrected chi connectivity index (χ0v) is 12.6. The molecule has 0 aliphatic rings. The van der Waals surface area contributed by atoms with Crippen molar-refractivity contribution in [2.45, 2.75) is 87.2 Å². The van der Waals surface area contributed by atoms with Crippen LogP contribution in [0.5, 0.6) is 0 Å². The molecule has 88 valence electrons. The van der Waals surface area contributed by atoms with Gasteiger partial charge in [0.15, 0.2) is 0 Å². The van der Waals surface area contributed by atoms with E-state index in [1.54, 1.807) is 15.5 Å². The van der Waals surface area contributed by atoms with Crippen LogP contribution in [-0.4, -0.2) is 20.4 Å². The van der Waals surface area contributed by atoms with Crippen LogP contribution in [0.2, 0.25) is 9.10 Å². The van der Waals surface area contributed by atoms with Gasteiger partial charge in [-0.25, -0.2) is 0 Å². The van der Waals surface area contributed by atoms with E-state index in [1.807, 2.05) is 0 Å². The van der Waals surface area contributed by atoms with E-state index in [1.165, 1.54) is 57.8 Å². The van der Waals surface area contributed by atoms with Crippen molar-refractivity contribution in [3.8, 4) is 0 Å². The Morgan fingerprint density at radius 3 is 1.47 bits per heavy atom. The Balaban J connectivity index is 2.81. The topological polar surface area (TPSA) is 0 Å². The van der Waals surface area contributed by atoms with Crippen molar-refractivity contribution in [1.82, 2.24) is 0 Å². The minimum Gasteiger partial charge on any atom is -0.146 e. The lowest BCUT2D eigenvalue weighted by atomic mass is 10.1. The standard InChI is InChI=1S/C8H17.C6H13.Mg/c1-3-5-7-8-6-4-2;1-3-5-6-4-2;/h1,3-8H2,2H3;1,3-6H2,2H3;. The Kier molecular flexibility index (Phi) is 15.5. The predicted octanol–water partition coefficient (Wildman–Crippen LogP) is 5.47. The molecular weight excluding hydrogens is 192 g/mol. The molecule has 0 heterocycles. The van der Waals surface area contributed by atoms with E-state index in [2.05, 4.69) is 13.8 Å². The molecule has 0 rings (SSSR count). The van der Waals surface area contributed by atoms with Crippen LogP contribution in [0.15, 0.2) is 0 Å². The first-order valence-electron chi connectivity index (χ1n) is 7.41. The highest BCUT2D eigenvalue weighted by Crippen LogP contribution is 2.09. The summed E-state index contributed by atoms with van der Waals surface area (Å²) in [6, 6.07) is 0. The van der Waals surface area contributed by atoms with E-state index >= 15 is 0 Å². The van der Waals surface area contributed by atoms with Crippen LogP contribution >= 0.6 is 0 Å². The third kappa shape index (κ3) is 14.8. The molecule has 0 saturated heterocycles. The summed E-state index contributed by atoms with van der Waals surface area (Å²) < 4.78 is 3.24. The van der Waals surface area contributed by atoms with Crippen molar-refractivity contribution in [1.29, 1.82) is 0 Å². The predicted molar refractivity (Wildman–Crippen MR) is 72.9 cm³/mol. The number of hydrogen-bond acceptors (Lipinski definition) is 0. The Bertz CT molecular complexity index is 89.5. The molecule has 0 nitrogen and oxygen atoms in total. The highest BCUT2D eigenvalue weighted by atomic mass is 24.5. The summed E-state index contributed by atoms with van der Waals surface area (Å²) in [4.78, 5) is 0. The van der Waals surface area contributed by atoms with E-state index in [-0.39, 0.29) is 0 Å². The molecule has 0 aromatic carbocycles. The smallest absolute Gasteiger partial charge is 0.146 e. The molecule has 0 spiro atoms. The minimum absolute atomic E-state index is 0.344. The molecule has 0 fully saturated rings. The molecule has 0 aromatic heterocycles. The van der Waals surface area contributed by atoms with Crippen LogP contribution in [0.4, 0.5) is 0 Å². The van der Waals surface area contributed by atoms with Crippen molar-refractivity contribution >= 4 is 20.4 Å². The van der Waals surface area contributed by atoms with Crippen LogP contribution < -0.4 is 0 Å². The zero-order chi connectivity index (χ0) is 11.2. The van der Waals surface area contributed by atoms with Gasteiger partial charge in [-0.2, -0.15) is 0 Å². The number of unbranched alkanes of at least 4 members (excludes halogenated alkanes) is 8. The van der Waals surface area contributed by atoms with E-state index in [0.717, 1.165) is 0 Å². The summed E-state index contributed by atoms with van der Waals surface area (Å²) in [5.41, 5.74) is 0. The van der Waals surface area contributed by atoms with Crippen molar-refractivity contribution in [2.24, 2.45) is 0 Å². The Hall–Kier alpha value is 0.766.